The standard InChI is InChI=1S/C29H33FN8O3/c1-6-22(39)38-15-19(10-7-16(38)2)33-25-23-20(11-12-31-24(23)35-36-25)17-8-9-18(21(30)13-17)14-32-26(40)27-34-28(37-41-27)29(3,4)5/h6,8-9,11-13,16,19H,1,7,10,14-15H2,2-5H3,(H,32,40)(H2,31,33,35,36)/t16-,19+/m0/s1. The minimum Gasteiger partial charge on any atom is -0.364 e. The molecule has 1 fully saturated rings. The predicted molar refractivity (Wildman–Crippen MR) is 151 cm³/mol. The minimum absolute atomic E-state index is 0.0179. The zero-order valence-corrected chi connectivity index (χ0v) is 23.5. The Kier molecular flexibility index (Phi) is 7.57. The second-order valence-corrected chi connectivity index (χ2v) is 11.3. The predicted octanol–water partition coefficient (Wildman–Crippen LogP) is 4.35. The number of fused-ring (bicyclic) bond motifs is 1. The molecule has 5 rings (SSSR count). The van der Waals surface area contributed by atoms with Crippen molar-refractivity contribution >= 4 is 28.7 Å². The number of likely N-dealkylation sites (tertiary alicyclic amines) is 1. The maximum absolute atomic E-state index is 15.2. The monoisotopic (exact) mass is 560 g/mol. The van der Waals surface area contributed by atoms with Gasteiger partial charge in [0, 0.05) is 42.3 Å². The lowest BCUT2D eigenvalue weighted by molar-refractivity contribution is -0.129. The van der Waals surface area contributed by atoms with Crippen LogP contribution < -0.4 is 10.6 Å². The number of halogens is 1. The highest BCUT2D eigenvalue weighted by Gasteiger charge is 2.29. The van der Waals surface area contributed by atoms with Crippen LogP contribution in [0.5, 0.6) is 0 Å². The molecule has 3 aromatic heterocycles. The molecule has 214 valence electrons. The number of nitrogens with one attached hydrogen (secondary N) is 3. The summed E-state index contributed by atoms with van der Waals surface area (Å²) in [6.45, 7) is 11.8. The lowest BCUT2D eigenvalue weighted by Gasteiger charge is -2.37. The van der Waals surface area contributed by atoms with Crippen molar-refractivity contribution in [1.82, 2.24) is 35.5 Å². The van der Waals surface area contributed by atoms with Crippen molar-refractivity contribution in [1.29, 1.82) is 0 Å². The zero-order chi connectivity index (χ0) is 29.3. The summed E-state index contributed by atoms with van der Waals surface area (Å²) in [6, 6.07) is 6.75. The van der Waals surface area contributed by atoms with Crippen LogP contribution in [-0.2, 0) is 16.8 Å². The summed E-state index contributed by atoms with van der Waals surface area (Å²) in [5.74, 6) is -0.333. The van der Waals surface area contributed by atoms with Gasteiger partial charge in [0.25, 0.3) is 0 Å². The third-order valence-corrected chi connectivity index (χ3v) is 7.24. The van der Waals surface area contributed by atoms with E-state index in [9.17, 15) is 9.59 Å². The van der Waals surface area contributed by atoms with E-state index in [1.807, 2.05) is 27.7 Å². The molecule has 4 heterocycles. The fourth-order valence-corrected chi connectivity index (χ4v) is 4.87. The van der Waals surface area contributed by atoms with E-state index in [4.69, 9.17) is 4.52 Å². The van der Waals surface area contributed by atoms with Gasteiger partial charge in [-0.25, -0.2) is 9.37 Å². The Bertz CT molecular complexity index is 1610. The van der Waals surface area contributed by atoms with Crippen molar-refractivity contribution in [2.45, 2.75) is 64.6 Å². The van der Waals surface area contributed by atoms with Gasteiger partial charge in [0.2, 0.25) is 5.91 Å². The largest absolute Gasteiger partial charge is 0.364 e. The van der Waals surface area contributed by atoms with Crippen molar-refractivity contribution in [2.75, 3.05) is 11.9 Å². The fourth-order valence-electron chi connectivity index (χ4n) is 4.87. The Labute approximate surface area is 236 Å². The summed E-state index contributed by atoms with van der Waals surface area (Å²) in [5, 5.41) is 18.0. The van der Waals surface area contributed by atoms with Gasteiger partial charge >= 0.3 is 11.8 Å². The zero-order valence-electron chi connectivity index (χ0n) is 23.5. The number of H-pyrrole nitrogens is 1. The first-order chi connectivity index (χ1) is 19.5. The van der Waals surface area contributed by atoms with Crippen molar-refractivity contribution < 1.29 is 18.5 Å². The van der Waals surface area contributed by atoms with Crippen LogP contribution >= 0.6 is 0 Å². The van der Waals surface area contributed by atoms with E-state index < -0.39 is 11.7 Å². The molecule has 0 aliphatic carbocycles. The number of amides is 2. The van der Waals surface area contributed by atoms with Crippen LogP contribution in [0, 0.1) is 5.82 Å². The molecule has 41 heavy (non-hydrogen) atoms. The van der Waals surface area contributed by atoms with Gasteiger partial charge in [0.1, 0.15) is 5.82 Å². The Hall–Kier alpha value is -4.61. The van der Waals surface area contributed by atoms with Gasteiger partial charge in [0.05, 0.1) is 5.39 Å². The van der Waals surface area contributed by atoms with E-state index in [1.54, 1.807) is 29.3 Å². The maximum atomic E-state index is 15.2. The molecule has 1 aromatic carbocycles. The summed E-state index contributed by atoms with van der Waals surface area (Å²) < 4.78 is 20.3. The average Bonchev–Trinajstić information content (AvgIpc) is 3.61. The summed E-state index contributed by atoms with van der Waals surface area (Å²) in [6.07, 6.45) is 4.68. The van der Waals surface area contributed by atoms with E-state index in [0.29, 0.717) is 35.0 Å². The Morgan fingerprint density at radius 1 is 1.27 bits per heavy atom. The number of hydrogen-bond acceptors (Lipinski definition) is 8. The summed E-state index contributed by atoms with van der Waals surface area (Å²) in [5.41, 5.74) is 1.86. The van der Waals surface area contributed by atoms with Gasteiger partial charge in [-0.2, -0.15) is 10.1 Å². The van der Waals surface area contributed by atoms with Crippen molar-refractivity contribution in [3.63, 3.8) is 0 Å². The van der Waals surface area contributed by atoms with Gasteiger partial charge in [-0.1, -0.05) is 44.6 Å². The molecule has 3 N–H and O–H groups in total. The van der Waals surface area contributed by atoms with Crippen molar-refractivity contribution in [3.8, 4) is 11.1 Å². The molecule has 1 saturated heterocycles. The third-order valence-electron chi connectivity index (χ3n) is 7.24. The number of aromatic nitrogens is 5. The number of carbonyl (C=O) groups is 2. The summed E-state index contributed by atoms with van der Waals surface area (Å²) in [7, 11) is 0. The molecular weight excluding hydrogens is 527 g/mol. The number of anilines is 1. The van der Waals surface area contributed by atoms with Crippen LogP contribution in [0.15, 0.2) is 47.6 Å². The molecule has 1 aliphatic heterocycles. The van der Waals surface area contributed by atoms with Crippen LogP contribution in [0.3, 0.4) is 0 Å². The molecule has 1 aliphatic rings. The highest BCUT2D eigenvalue weighted by atomic mass is 19.1. The summed E-state index contributed by atoms with van der Waals surface area (Å²) in [4.78, 5) is 35.1. The molecule has 4 aromatic rings. The molecule has 2 atom stereocenters. The van der Waals surface area contributed by atoms with Gasteiger partial charge < -0.3 is 20.1 Å². The van der Waals surface area contributed by atoms with Gasteiger partial charge in [-0.15, -0.1) is 0 Å². The Morgan fingerprint density at radius 2 is 2.07 bits per heavy atom. The normalized spacial score (nSPS) is 17.4. The molecule has 12 heteroatoms. The van der Waals surface area contributed by atoms with E-state index >= 15 is 4.39 Å². The molecule has 2 amide bonds. The topological polar surface area (TPSA) is 142 Å². The number of nitrogens with zero attached hydrogens (tertiary/aromatic N) is 5. The molecule has 0 radical (unpaired) electrons. The van der Waals surface area contributed by atoms with E-state index in [1.165, 1.54) is 12.1 Å². The number of hydrogen-bond donors (Lipinski definition) is 3. The number of aromatic amines is 1. The highest BCUT2D eigenvalue weighted by Crippen LogP contribution is 2.33. The Morgan fingerprint density at radius 3 is 2.78 bits per heavy atom. The lowest BCUT2D eigenvalue weighted by Crippen LogP contribution is -2.49. The van der Waals surface area contributed by atoms with Crippen molar-refractivity contribution in [3.05, 3.63) is 66.2 Å². The highest BCUT2D eigenvalue weighted by molar-refractivity contribution is 6.00. The fraction of sp³-hybridized carbons (Fsp3) is 0.379. The van der Waals surface area contributed by atoms with Crippen LogP contribution in [-0.4, -0.2) is 60.7 Å². The van der Waals surface area contributed by atoms with Gasteiger partial charge in [-0.05, 0) is 49.1 Å². The maximum Gasteiger partial charge on any atom is 0.315 e. The van der Waals surface area contributed by atoms with Crippen LogP contribution in [0.1, 0.15) is 62.6 Å². The molecule has 0 bridgehead atoms. The van der Waals surface area contributed by atoms with E-state index in [-0.39, 0.29) is 35.8 Å². The molecule has 0 spiro atoms. The lowest BCUT2D eigenvalue weighted by atomic mass is 9.96. The SMILES string of the molecule is C=CC(=O)N1C[C@H](Nc2n[nH]c3nccc(-c4ccc(CNC(=O)c5nc(C(C)(C)C)no5)c(F)c4)c23)CC[C@@H]1C. The Balaban J connectivity index is 1.33. The first kappa shape index (κ1) is 27.9. The average molecular weight is 561 g/mol. The second kappa shape index (κ2) is 11.1. The quantitative estimate of drug-likeness (QED) is 0.283. The second-order valence-electron chi connectivity index (χ2n) is 11.3. The molecule has 11 nitrogen and oxygen atoms in total. The van der Waals surface area contributed by atoms with Gasteiger partial charge in [-0.3, -0.25) is 14.7 Å². The number of carbonyl (C=O) groups excluding carboxylic acids is 2. The third kappa shape index (κ3) is 5.81. The van der Waals surface area contributed by atoms with Gasteiger partial charge in [0.15, 0.2) is 17.3 Å². The number of piperidine rings is 1. The molecule has 0 saturated carbocycles. The molecular formula is C29H33FN8O3. The first-order valence-corrected chi connectivity index (χ1v) is 13.5. The van der Waals surface area contributed by atoms with E-state index in [0.717, 1.165) is 23.8 Å². The number of benzene rings is 1. The molecule has 0 unspecified atom stereocenters. The number of rotatable bonds is 7. The van der Waals surface area contributed by atoms with E-state index in [2.05, 4.69) is 42.5 Å². The van der Waals surface area contributed by atoms with Crippen LogP contribution in [0.2, 0.25) is 0 Å². The smallest absolute Gasteiger partial charge is 0.315 e. The van der Waals surface area contributed by atoms with Crippen molar-refractivity contribution in [2.24, 2.45) is 0 Å². The number of pyridine rings is 1. The van der Waals surface area contributed by atoms with Crippen LogP contribution in [0.25, 0.3) is 22.2 Å². The van der Waals surface area contributed by atoms with Crippen LogP contribution in [0.4, 0.5) is 10.2 Å². The first-order valence-electron chi connectivity index (χ1n) is 13.5. The minimum atomic E-state index is -0.577. The summed E-state index contributed by atoms with van der Waals surface area (Å²) >= 11 is 0.